The molecule has 0 aliphatic heterocycles. The number of hydrogen-bond donors (Lipinski definition) is 0. The largest absolute Gasteiger partial charge is 0.462 e. The summed E-state index contributed by atoms with van der Waals surface area (Å²) in [5, 5.41) is 0. The molecule has 1 unspecified atom stereocenters. The number of rotatable bonds is 43. The van der Waals surface area contributed by atoms with E-state index in [0.29, 0.717) is 19.3 Å². The van der Waals surface area contributed by atoms with Crippen LogP contribution in [0.4, 0.5) is 0 Å². The quantitative estimate of drug-likeness (QED) is 0.0263. The number of hydrogen-bond acceptors (Lipinski definition) is 6. The van der Waals surface area contributed by atoms with Crippen molar-refractivity contribution in [3.8, 4) is 0 Å². The van der Waals surface area contributed by atoms with Crippen molar-refractivity contribution in [1.29, 1.82) is 0 Å². The third-order valence-electron chi connectivity index (χ3n) is 10.1. The molecule has 0 aromatic carbocycles. The van der Waals surface area contributed by atoms with E-state index in [1.807, 2.05) is 0 Å². The Bertz CT molecular complexity index is 1190. The molecule has 0 saturated heterocycles. The first-order chi connectivity index (χ1) is 29.5. The van der Waals surface area contributed by atoms with Crippen LogP contribution in [-0.4, -0.2) is 37.2 Å². The van der Waals surface area contributed by atoms with Gasteiger partial charge in [-0.3, -0.25) is 14.4 Å². The molecule has 0 aromatic rings. The van der Waals surface area contributed by atoms with Crippen LogP contribution in [0.2, 0.25) is 0 Å². The number of carbonyl (C=O) groups is 3. The van der Waals surface area contributed by atoms with E-state index in [2.05, 4.69) is 106 Å². The van der Waals surface area contributed by atoms with E-state index in [0.717, 1.165) is 109 Å². The number of carbonyl (C=O) groups excluding carboxylic acids is 3. The van der Waals surface area contributed by atoms with Crippen molar-refractivity contribution < 1.29 is 28.6 Å². The third-order valence-corrected chi connectivity index (χ3v) is 10.1. The van der Waals surface area contributed by atoms with Gasteiger partial charge in [0.2, 0.25) is 0 Å². The molecule has 0 bridgehead atoms. The molecule has 60 heavy (non-hydrogen) atoms. The molecule has 0 heterocycles. The lowest BCUT2D eigenvalue weighted by molar-refractivity contribution is -0.167. The first-order valence-electron chi connectivity index (χ1n) is 24.6. The van der Waals surface area contributed by atoms with Gasteiger partial charge in [0.05, 0.1) is 0 Å². The fourth-order valence-corrected chi connectivity index (χ4v) is 6.53. The van der Waals surface area contributed by atoms with Crippen molar-refractivity contribution >= 4 is 17.9 Å². The van der Waals surface area contributed by atoms with E-state index in [4.69, 9.17) is 14.2 Å². The lowest BCUT2D eigenvalue weighted by Gasteiger charge is -2.18. The van der Waals surface area contributed by atoms with Gasteiger partial charge in [0.15, 0.2) is 6.10 Å². The van der Waals surface area contributed by atoms with Crippen LogP contribution in [0.3, 0.4) is 0 Å². The Labute approximate surface area is 369 Å². The maximum atomic E-state index is 12.7. The minimum absolute atomic E-state index is 0.0937. The van der Waals surface area contributed by atoms with E-state index in [1.165, 1.54) is 70.6 Å². The van der Waals surface area contributed by atoms with E-state index in [9.17, 15) is 14.4 Å². The second-order valence-electron chi connectivity index (χ2n) is 15.9. The molecule has 0 aromatic heterocycles. The maximum Gasteiger partial charge on any atom is 0.306 e. The van der Waals surface area contributed by atoms with Gasteiger partial charge in [-0.25, -0.2) is 0 Å². The zero-order valence-electron chi connectivity index (χ0n) is 38.9. The Kier molecular flexibility index (Phi) is 45.5. The summed E-state index contributed by atoms with van der Waals surface area (Å²) in [5.41, 5.74) is 0. The Morgan fingerprint density at radius 1 is 0.333 bits per heavy atom. The SMILES string of the molecule is CC/C=C\C/C=C\C/C=C\CCCCCCCCCCCC(=O)OCC(COC(=O)CCCC/C=C\C/C=C\CC)OC(=O)CCCCCCCCC/C=C\C/C=C\CC. The van der Waals surface area contributed by atoms with Gasteiger partial charge in [-0.15, -0.1) is 0 Å². The summed E-state index contributed by atoms with van der Waals surface area (Å²) in [7, 11) is 0. The fourth-order valence-electron chi connectivity index (χ4n) is 6.53. The molecule has 0 spiro atoms. The summed E-state index contributed by atoms with van der Waals surface area (Å²) < 4.78 is 16.7. The molecule has 0 fully saturated rings. The normalized spacial score (nSPS) is 12.8. The molecule has 1 atom stereocenters. The van der Waals surface area contributed by atoms with Crippen LogP contribution in [0.15, 0.2) is 85.1 Å². The van der Waals surface area contributed by atoms with Crippen LogP contribution in [0.1, 0.15) is 220 Å². The Morgan fingerprint density at radius 3 is 0.967 bits per heavy atom. The Hall–Kier alpha value is -3.41. The molecule has 0 N–H and O–H groups in total. The zero-order chi connectivity index (χ0) is 43.7. The lowest BCUT2D eigenvalue weighted by Crippen LogP contribution is -2.30. The van der Waals surface area contributed by atoms with E-state index < -0.39 is 6.10 Å². The number of esters is 3. The van der Waals surface area contributed by atoms with Crippen LogP contribution < -0.4 is 0 Å². The van der Waals surface area contributed by atoms with Crippen molar-refractivity contribution in [2.24, 2.45) is 0 Å². The highest BCUT2D eigenvalue weighted by molar-refractivity contribution is 5.71. The van der Waals surface area contributed by atoms with Gasteiger partial charge >= 0.3 is 17.9 Å². The maximum absolute atomic E-state index is 12.7. The van der Waals surface area contributed by atoms with Gasteiger partial charge < -0.3 is 14.2 Å². The van der Waals surface area contributed by atoms with Gasteiger partial charge in [0.1, 0.15) is 13.2 Å². The second-order valence-corrected chi connectivity index (χ2v) is 15.9. The van der Waals surface area contributed by atoms with Crippen molar-refractivity contribution in [2.45, 2.75) is 226 Å². The van der Waals surface area contributed by atoms with Crippen LogP contribution in [0.5, 0.6) is 0 Å². The van der Waals surface area contributed by atoms with Crippen LogP contribution >= 0.6 is 0 Å². The molecule has 6 nitrogen and oxygen atoms in total. The molecule has 0 rings (SSSR count). The molecule has 0 aliphatic rings. The molecule has 0 aliphatic carbocycles. The van der Waals surface area contributed by atoms with Crippen molar-refractivity contribution in [1.82, 2.24) is 0 Å². The van der Waals surface area contributed by atoms with Crippen LogP contribution in [-0.2, 0) is 28.6 Å². The standard InChI is InChI=1S/C54H90O6/c1-4-7-10-13-16-19-21-23-25-26-27-28-29-31-32-35-38-41-44-47-53(56)59-50-51(49-58-52(55)46-43-40-37-34-18-15-12-9-6-3)60-54(57)48-45-42-39-36-33-30-24-22-20-17-14-11-8-5-2/h7-12,16-20,23,25,34,51H,4-6,13-15,21-22,24,26-33,35-50H2,1-3H3/b10-7-,11-8-,12-9-,19-16-,20-17-,25-23-,34-18-. The lowest BCUT2D eigenvalue weighted by atomic mass is 10.1. The average molecular weight is 835 g/mol. The molecule has 0 saturated carbocycles. The molecular weight excluding hydrogens is 745 g/mol. The van der Waals surface area contributed by atoms with Gasteiger partial charge in [-0.2, -0.15) is 0 Å². The third kappa shape index (κ3) is 45.7. The van der Waals surface area contributed by atoms with E-state index in [-0.39, 0.29) is 31.1 Å². The highest BCUT2D eigenvalue weighted by Gasteiger charge is 2.19. The fraction of sp³-hybridized carbons (Fsp3) is 0.685. The highest BCUT2D eigenvalue weighted by Crippen LogP contribution is 2.14. The van der Waals surface area contributed by atoms with Gasteiger partial charge in [-0.05, 0) is 103 Å². The Morgan fingerprint density at radius 2 is 0.600 bits per heavy atom. The minimum atomic E-state index is -0.794. The zero-order valence-corrected chi connectivity index (χ0v) is 38.9. The topological polar surface area (TPSA) is 78.9 Å². The molecule has 0 radical (unpaired) electrons. The van der Waals surface area contributed by atoms with Crippen LogP contribution in [0.25, 0.3) is 0 Å². The summed E-state index contributed by atoms with van der Waals surface area (Å²) >= 11 is 0. The second kappa shape index (κ2) is 48.3. The average Bonchev–Trinajstić information content (AvgIpc) is 3.24. The summed E-state index contributed by atoms with van der Waals surface area (Å²) in [6, 6.07) is 0. The first-order valence-corrected chi connectivity index (χ1v) is 24.6. The molecule has 0 amide bonds. The van der Waals surface area contributed by atoms with Gasteiger partial charge in [-0.1, -0.05) is 183 Å². The predicted molar refractivity (Wildman–Crippen MR) is 256 cm³/mol. The van der Waals surface area contributed by atoms with Crippen LogP contribution in [0, 0.1) is 0 Å². The van der Waals surface area contributed by atoms with Crippen molar-refractivity contribution in [3.63, 3.8) is 0 Å². The van der Waals surface area contributed by atoms with E-state index in [1.54, 1.807) is 0 Å². The van der Waals surface area contributed by atoms with Crippen molar-refractivity contribution in [3.05, 3.63) is 85.1 Å². The summed E-state index contributed by atoms with van der Waals surface area (Å²) in [6.07, 6.45) is 61.5. The Balaban J connectivity index is 4.34. The minimum Gasteiger partial charge on any atom is -0.462 e. The summed E-state index contributed by atoms with van der Waals surface area (Å²) in [5.74, 6) is -0.950. The number of unbranched alkanes of at least 4 members (excludes halogenated alkanes) is 18. The highest BCUT2D eigenvalue weighted by atomic mass is 16.6. The monoisotopic (exact) mass is 835 g/mol. The van der Waals surface area contributed by atoms with Gasteiger partial charge in [0.25, 0.3) is 0 Å². The predicted octanol–water partition coefficient (Wildman–Crippen LogP) is 16.0. The van der Waals surface area contributed by atoms with E-state index >= 15 is 0 Å². The summed E-state index contributed by atoms with van der Waals surface area (Å²) in [4.78, 5) is 37.8. The van der Waals surface area contributed by atoms with Gasteiger partial charge in [0, 0.05) is 19.3 Å². The first kappa shape index (κ1) is 56.6. The molecular formula is C54H90O6. The summed E-state index contributed by atoms with van der Waals surface area (Å²) in [6.45, 7) is 6.25. The smallest absolute Gasteiger partial charge is 0.306 e. The molecule has 6 heteroatoms. The number of allylic oxidation sites excluding steroid dienone is 14. The molecule has 342 valence electrons. The van der Waals surface area contributed by atoms with Crippen molar-refractivity contribution in [2.75, 3.05) is 13.2 Å². The number of ether oxygens (including phenoxy) is 3.